The molecule has 0 amide bonds. The third-order valence-electron chi connectivity index (χ3n) is 2.20. The van der Waals surface area contributed by atoms with Crippen molar-refractivity contribution in [1.82, 2.24) is 0 Å². The van der Waals surface area contributed by atoms with Crippen LogP contribution in [0.15, 0.2) is 12.1 Å². The summed E-state index contributed by atoms with van der Waals surface area (Å²) in [6, 6.07) is 2.40. The number of nitro benzene ring substituents is 1. The molecule has 0 saturated carbocycles. The fourth-order valence-corrected chi connectivity index (χ4v) is 1.29. The van der Waals surface area contributed by atoms with Gasteiger partial charge in [-0.1, -0.05) is 0 Å². The van der Waals surface area contributed by atoms with Gasteiger partial charge in [0.1, 0.15) is 5.82 Å². The van der Waals surface area contributed by atoms with Crippen LogP contribution in [0.5, 0.6) is 0 Å². The highest BCUT2D eigenvalue weighted by Crippen LogP contribution is 2.23. The van der Waals surface area contributed by atoms with Crippen molar-refractivity contribution >= 4 is 11.7 Å². The third-order valence-corrected chi connectivity index (χ3v) is 2.20. The van der Waals surface area contributed by atoms with Crippen molar-refractivity contribution < 1.29 is 18.8 Å². The van der Waals surface area contributed by atoms with E-state index in [9.17, 15) is 19.3 Å². The first-order valence-corrected chi connectivity index (χ1v) is 4.46. The van der Waals surface area contributed by atoms with Gasteiger partial charge in [0.25, 0.3) is 5.69 Å². The molecule has 5 nitrogen and oxygen atoms in total. The van der Waals surface area contributed by atoms with Gasteiger partial charge in [0.2, 0.25) is 0 Å². The summed E-state index contributed by atoms with van der Waals surface area (Å²) >= 11 is 0. The second kappa shape index (κ2) is 4.69. The Hall–Kier alpha value is -1.98. The summed E-state index contributed by atoms with van der Waals surface area (Å²) < 4.78 is 18.0. The monoisotopic (exact) mass is 227 g/mol. The Balaban J connectivity index is 3.12. The topological polar surface area (TPSA) is 69.4 Å². The number of carbonyl (C=O) groups is 1. The first-order valence-electron chi connectivity index (χ1n) is 4.46. The van der Waals surface area contributed by atoms with Crippen LogP contribution in [0.3, 0.4) is 0 Å². The molecule has 0 radical (unpaired) electrons. The number of halogens is 1. The number of esters is 1. The van der Waals surface area contributed by atoms with Crippen molar-refractivity contribution in [3.8, 4) is 0 Å². The zero-order valence-corrected chi connectivity index (χ0v) is 8.82. The first-order chi connectivity index (χ1) is 7.47. The van der Waals surface area contributed by atoms with Gasteiger partial charge in [-0.05, 0) is 18.6 Å². The van der Waals surface area contributed by atoms with Gasteiger partial charge in [-0.25, -0.2) is 4.39 Å². The molecule has 0 fully saturated rings. The van der Waals surface area contributed by atoms with Crippen LogP contribution in [0.25, 0.3) is 0 Å². The SMILES string of the molecule is COC(=O)Cc1ccc([N+](=O)[O-])c(C)c1F. The molecule has 0 aliphatic heterocycles. The molecule has 0 aromatic heterocycles. The molecule has 0 heterocycles. The maximum atomic E-state index is 13.6. The molecule has 6 heteroatoms. The standard InChI is InChI=1S/C10H10FNO4/c1-6-8(12(14)15)4-3-7(10(6)11)5-9(13)16-2/h3-4H,5H2,1-2H3. The van der Waals surface area contributed by atoms with Gasteiger partial charge < -0.3 is 4.74 Å². The van der Waals surface area contributed by atoms with E-state index in [0.717, 1.165) is 0 Å². The van der Waals surface area contributed by atoms with Crippen LogP contribution < -0.4 is 0 Å². The number of rotatable bonds is 3. The minimum Gasteiger partial charge on any atom is -0.469 e. The number of ether oxygens (including phenoxy) is 1. The van der Waals surface area contributed by atoms with E-state index in [0.29, 0.717) is 0 Å². The predicted octanol–water partition coefficient (Wildman–Crippen LogP) is 1.76. The number of nitrogens with zero attached hydrogens (tertiary/aromatic N) is 1. The highest BCUT2D eigenvalue weighted by atomic mass is 19.1. The lowest BCUT2D eigenvalue weighted by molar-refractivity contribution is -0.385. The second-order valence-corrected chi connectivity index (χ2v) is 3.19. The Morgan fingerprint density at radius 2 is 2.19 bits per heavy atom. The van der Waals surface area contributed by atoms with Crippen LogP contribution in [0.2, 0.25) is 0 Å². The molecule has 1 rings (SSSR count). The molecular formula is C10H10FNO4. The van der Waals surface area contributed by atoms with Crippen molar-refractivity contribution in [3.63, 3.8) is 0 Å². The lowest BCUT2D eigenvalue weighted by Gasteiger charge is -2.04. The van der Waals surface area contributed by atoms with Crippen LogP contribution >= 0.6 is 0 Å². The van der Waals surface area contributed by atoms with Crippen molar-refractivity contribution in [2.24, 2.45) is 0 Å². The van der Waals surface area contributed by atoms with Gasteiger partial charge >= 0.3 is 5.97 Å². The number of nitro groups is 1. The molecular weight excluding hydrogens is 217 g/mol. The van der Waals surface area contributed by atoms with Crippen molar-refractivity contribution in [2.45, 2.75) is 13.3 Å². The van der Waals surface area contributed by atoms with E-state index in [4.69, 9.17) is 0 Å². The van der Waals surface area contributed by atoms with Crippen molar-refractivity contribution in [1.29, 1.82) is 0 Å². The molecule has 0 bridgehead atoms. The Morgan fingerprint density at radius 1 is 1.56 bits per heavy atom. The number of hydrogen-bond donors (Lipinski definition) is 0. The normalized spacial score (nSPS) is 9.94. The van der Waals surface area contributed by atoms with E-state index in [2.05, 4.69) is 4.74 Å². The molecule has 0 saturated heterocycles. The maximum absolute atomic E-state index is 13.6. The lowest BCUT2D eigenvalue weighted by Crippen LogP contribution is -2.07. The number of benzene rings is 1. The zero-order chi connectivity index (χ0) is 12.3. The van der Waals surface area contributed by atoms with Crippen LogP contribution in [0.1, 0.15) is 11.1 Å². The van der Waals surface area contributed by atoms with Gasteiger partial charge in [0.15, 0.2) is 0 Å². The summed E-state index contributed by atoms with van der Waals surface area (Å²) in [5, 5.41) is 10.5. The lowest BCUT2D eigenvalue weighted by atomic mass is 10.1. The van der Waals surface area contributed by atoms with Crippen LogP contribution in [0.4, 0.5) is 10.1 Å². The molecule has 0 unspecified atom stereocenters. The Bertz CT molecular complexity index is 445. The fraction of sp³-hybridized carbons (Fsp3) is 0.300. The Morgan fingerprint density at radius 3 is 2.69 bits per heavy atom. The van der Waals surface area contributed by atoms with Gasteiger partial charge in [-0.2, -0.15) is 0 Å². The van der Waals surface area contributed by atoms with Gasteiger partial charge in [0, 0.05) is 6.07 Å². The van der Waals surface area contributed by atoms with E-state index >= 15 is 0 Å². The molecule has 86 valence electrons. The summed E-state index contributed by atoms with van der Waals surface area (Å²) in [5.74, 6) is -1.33. The highest BCUT2D eigenvalue weighted by molar-refractivity contribution is 5.72. The Kier molecular flexibility index (Phi) is 3.55. The summed E-state index contributed by atoms with van der Waals surface area (Å²) in [6.07, 6.45) is -0.235. The van der Waals surface area contributed by atoms with Crippen LogP contribution in [0, 0.1) is 22.9 Å². The van der Waals surface area contributed by atoms with Gasteiger partial charge in [-0.3, -0.25) is 14.9 Å². The van der Waals surface area contributed by atoms with E-state index in [1.165, 1.54) is 26.2 Å². The fourth-order valence-electron chi connectivity index (χ4n) is 1.29. The zero-order valence-electron chi connectivity index (χ0n) is 8.82. The van der Waals surface area contributed by atoms with E-state index < -0.39 is 16.7 Å². The van der Waals surface area contributed by atoms with Crippen molar-refractivity contribution in [3.05, 3.63) is 39.2 Å². The molecule has 16 heavy (non-hydrogen) atoms. The predicted molar refractivity (Wildman–Crippen MR) is 53.5 cm³/mol. The van der Waals surface area contributed by atoms with Crippen LogP contribution in [-0.4, -0.2) is 18.0 Å². The van der Waals surface area contributed by atoms with Crippen molar-refractivity contribution in [2.75, 3.05) is 7.11 Å². The summed E-state index contributed by atoms with van der Waals surface area (Å²) in [4.78, 5) is 20.8. The molecule has 0 aliphatic rings. The minimum absolute atomic E-state index is 0.0774. The number of methoxy groups -OCH3 is 1. The molecule has 0 N–H and O–H groups in total. The minimum atomic E-state index is -0.736. The van der Waals surface area contributed by atoms with E-state index in [-0.39, 0.29) is 23.2 Å². The molecule has 0 spiro atoms. The molecule has 1 aromatic rings. The van der Waals surface area contributed by atoms with Gasteiger partial charge in [0.05, 0.1) is 24.0 Å². The average molecular weight is 227 g/mol. The first kappa shape index (κ1) is 12.1. The summed E-state index contributed by atoms with van der Waals surface area (Å²) in [7, 11) is 1.19. The smallest absolute Gasteiger partial charge is 0.310 e. The van der Waals surface area contributed by atoms with E-state index in [1.54, 1.807) is 0 Å². The second-order valence-electron chi connectivity index (χ2n) is 3.19. The third kappa shape index (κ3) is 2.33. The summed E-state index contributed by atoms with van der Waals surface area (Å²) in [6.45, 7) is 1.30. The Labute approximate surface area is 91.0 Å². The largest absolute Gasteiger partial charge is 0.469 e. The van der Waals surface area contributed by atoms with Gasteiger partial charge in [-0.15, -0.1) is 0 Å². The van der Waals surface area contributed by atoms with Crippen LogP contribution in [-0.2, 0) is 16.0 Å². The molecule has 1 aromatic carbocycles. The van der Waals surface area contributed by atoms with E-state index in [1.807, 2.05) is 0 Å². The average Bonchev–Trinajstić information content (AvgIpc) is 2.24. The quantitative estimate of drug-likeness (QED) is 0.448. The summed E-state index contributed by atoms with van der Waals surface area (Å²) in [5.41, 5.74) is -0.285. The molecule has 0 atom stereocenters. The number of carbonyl (C=O) groups excluding carboxylic acids is 1. The highest BCUT2D eigenvalue weighted by Gasteiger charge is 2.18. The maximum Gasteiger partial charge on any atom is 0.310 e. The number of hydrogen-bond acceptors (Lipinski definition) is 4. The molecule has 0 aliphatic carbocycles.